The summed E-state index contributed by atoms with van der Waals surface area (Å²) in [6.07, 6.45) is 3.50. The zero-order valence-electron chi connectivity index (χ0n) is 14.6. The molecule has 0 atom stereocenters. The Labute approximate surface area is 159 Å². The molecule has 0 saturated carbocycles. The molecule has 0 N–H and O–H groups in total. The van der Waals surface area contributed by atoms with Crippen LogP contribution in [0.3, 0.4) is 0 Å². The highest BCUT2D eigenvalue weighted by molar-refractivity contribution is 8.13. The molecule has 0 aliphatic carbocycles. The Morgan fingerprint density at radius 2 is 1.70 bits per heavy atom. The maximum atomic E-state index is 12.8. The largest absolute Gasteiger partial charge is 0.497 e. The third-order valence-corrected chi connectivity index (χ3v) is 4.39. The molecule has 0 radical (unpaired) electrons. The summed E-state index contributed by atoms with van der Waals surface area (Å²) in [6.45, 7) is -2.90. The van der Waals surface area contributed by atoms with E-state index in [-0.39, 0.29) is 17.4 Å². The quantitative estimate of drug-likeness (QED) is 0.710. The number of amides is 1. The summed E-state index contributed by atoms with van der Waals surface area (Å²) in [4.78, 5) is 18.6. The number of nitrogens with zero attached hydrogens (tertiary/aromatic N) is 2. The van der Waals surface area contributed by atoms with Gasteiger partial charge in [0.05, 0.1) is 12.8 Å². The molecule has 1 heterocycles. The summed E-state index contributed by atoms with van der Waals surface area (Å²) < 4.78 is 34.0. The molecule has 2 aromatic rings. The normalized spacial score (nSPS) is 15.4. The van der Waals surface area contributed by atoms with E-state index in [1.807, 2.05) is 18.4 Å². The number of methoxy groups -OCH3 is 1. The summed E-state index contributed by atoms with van der Waals surface area (Å²) in [5, 5.41) is 0.502. The van der Waals surface area contributed by atoms with Gasteiger partial charge in [-0.05, 0) is 54.3 Å². The number of ether oxygens (including phenoxy) is 2. The number of rotatable bonds is 5. The molecule has 8 heteroatoms. The smallest absolute Gasteiger partial charge is 0.387 e. The lowest BCUT2D eigenvalue weighted by molar-refractivity contribution is -0.113. The maximum absolute atomic E-state index is 12.8. The molecule has 0 spiro atoms. The number of benzene rings is 2. The van der Waals surface area contributed by atoms with E-state index in [9.17, 15) is 13.6 Å². The second-order valence-corrected chi connectivity index (χ2v) is 6.19. The molecule has 1 amide bonds. The van der Waals surface area contributed by atoms with E-state index in [0.717, 1.165) is 11.3 Å². The van der Waals surface area contributed by atoms with Gasteiger partial charge in [0, 0.05) is 0 Å². The average molecular weight is 390 g/mol. The number of thioether (sulfide) groups is 1. The van der Waals surface area contributed by atoms with Gasteiger partial charge in [-0.1, -0.05) is 23.9 Å². The van der Waals surface area contributed by atoms with E-state index in [1.54, 1.807) is 25.3 Å². The molecule has 2 aromatic carbocycles. The van der Waals surface area contributed by atoms with E-state index in [2.05, 4.69) is 9.73 Å². The third kappa shape index (κ3) is 4.28. The van der Waals surface area contributed by atoms with Crippen molar-refractivity contribution in [1.29, 1.82) is 0 Å². The summed E-state index contributed by atoms with van der Waals surface area (Å²) in [5.41, 5.74) is 1.62. The minimum Gasteiger partial charge on any atom is -0.497 e. The highest BCUT2D eigenvalue weighted by Crippen LogP contribution is 2.30. The van der Waals surface area contributed by atoms with Crippen LogP contribution in [-0.2, 0) is 4.79 Å². The lowest BCUT2D eigenvalue weighted by atomic mass is 10.2. The molecule has 1 aliphatic heterocycles. The Kier molecular flexibility index (Phi) is 5.75. The lowest BCUT2D eigenvalue weighted by Gasteiger charge is -2.17. The van der Waals surface area contributed by atoms with Crippen molar-refractivity contribution < 1.29 is 23.0 Å². The van der Waals surface area contributed by atoms with E-state index < -0.39 is 6.61 Å². The summed E-state index contributed by atoms with van der Waals surface area (Å²) in [5.74, 6) is 0.450. The van der Waals surface area contributed by atoms with Crippen molar-refractivity contribution in [3.05, 3.63) is 59.8 Å². The number of hydrogen-bond donors (Lipinski definition) is 0. The number of halogens is 2. The Hall–Kier alpha value is -2.87. The number of aliphatic imine (C=N–C) groups is 1. The minimum atomic E-state index is -2.90. The zero-order chi connectivity index (χ0) is 19.4. The van der Waals surface area contributed by atoms with Crippen LogP contribution in [0.4, 0.5) is 14.5 Å². The van der Waals surface area contributed by atoms with Crippen molar-refractivity contribution in [3.63, 3.8) is 0 Å². The van der Waals surface area contributed by atoms with Crippen LogP contribution in [0.15, 0.2) is 59.2 Å². The van der Waals surface area contributed by atoms with Crippen LogP contribution in [0.25, 0.3) is 6.08 Å². The SMILES string of the molecule is COc1ccc(/C=C2/N=C(SC)N(c3ccc(OC(F)F)cc3)C2=O)cc1. The van der Waals surface area contributed by atoms with Crippen molar-refractivity contribution in [2.75, 3.05) is 18.3 Å². The monoisotopic (exact) mass is 390 g/mol. The van der Waals surface area contributed by atoms with Gasteiger partial charge >= 0.3 is 6.61 Å². The predicted molar refractivity (Wildman–Crippen MR) is 102 cm³/mol. The highest BCUT2D eigenvalue weighted by atomic mass is 32.2. The second-order valence-electron chi connectivity index (χ2n) is 5.41. The molecule has 1 aliphatic rings. The average Bonchev–Trinajstić information content (AvgIpc) is 2.98. The van der Waals surface area contributed by atoms with Crippen molar-refractivity contribution in [1.82, 2.24) is 0 Å². The lowest BCUT2D eigenvalue weighted by Crippen LogP contribution is -2.29. The number of anilines is 1. The van der Waals surface area contributed by atoms with Crippen molar-refractivity contribution in [3.8, 4) is 11.5 Å². The zero-order valence-corrected chi connectivity index (χ0v) is 15.4. The van der Waals surface area contributed by atoms with Crippen LogP contribution in [0.5, 0.6) is 11.5 Å². The molecular weight excluding hydrogens is 374 g/mol. The van der Waals surface area contributed by atoms with E-state index in [1.165, 1.54) is 40.9 Å². The van der Waals surface area contributed by atoms with Crippen molar-refractivity contribution in [2.24, 2.45) is 4.99 Å². The number of amidine groups is 1. The van der Waals surface area contributed by atoms with E-state index >= 15 is 0 Å². The maximum Gasteiger partial charge on any atom is 0.387 e. The second kappa shape index (κ2) is 8.22. The first-order valence-electron chi connectivity index (χ1n) is 7.89. The highest BCUT2D eigenvalue weighted by Gasteiger charge is 2.31. The Bertz CT molecular complexity index is 881. The van der Waals surface area contributed by atoms with Crippen LogP contribution in [0.2, 0.25) is 0 Å². The fourth-order valence-corrected chi connectivity index (χ4v) is 3.06. The molecule has 3 rings (SSSR count). The van der Waals surface area contributed by atoms with Gasteiger partial charge in [-0.25, -0.2) is 4.99 Å². The Morgan fingerprint density at radius 3 is 2.26 bits per heavy atom. The fourth-order valence-electron chi connectivity index (χ4n) is 2.50. The predicted octanol–water partition coefficient (Wildman–Crippen LogP) is 4.40. The number of alkyl halides is 2. The van der Waals surface area contributed by atoms with Crippen LogP contribution >= 0.6 is 11.8 Å². The van der Waals surface area contributed by atoms with Gasteiger partial charge in [-0.3, -0.25) is 9.69 Å². The van der Waals surface area contributed by atoms with Gasteiger partial charge < -0.3 is 9.47 Å². The minimum absolute atomic E-state index is 0.0250. The first kappa shape index (κ1) is 18.9. The van der Waals surface area contributed by atoms with E-state index in [4.69, 9.17) is 4.74 Å². The molecule has 27 heavy (non-hydrogen) atoms. The fraction of sp³-hybridized carbons (Fsp3) is 0.158. The summed E-state index contributed by atoms with van der Waals surface area (Å²) >= 11 is 1.32. The van der Waals surface area contributed by atoms with Crippen LogP contribution < -0.4 is 14.4 Å². The van der Waals surface area contributed by atoms with Gasteiger partial charge in [-0.2, -0.15) is 8.78 Å². The van der Waals surface area contributed by atoms with Gasteiger partial charge in [0.1, 0.15) is 17.2 Å². The number of carbonyl (C=O) groups is 1. The molecule has 0 aromatic heterocycles. The van der Waals surface area contributed by atoms with Gasteiger partial charge in [0.15, 0.2) is 5.17 Å². The van der Waals surface area contributed by atoms with Crippen molar-refractivity contribution in [2.45, 2.75) is 6.61 Å². The van der Waals surface area contributed by atoms with Gasteiger partial charge in [0.2, 0.25) is 0 Å². The molecule has 0 bridgehead atoms. The summed E-state index contributed by atoms with van der Waals surface area (Å²) in [7, 11) is 1.58. The third-order valence-electron chi connectivity index (χ3n) is 3.75. The topological polar surface area (TPSA) is 51.1 Å². The molecule has 5 nitrogen and oxygen atoms in total. The first-order chi connectivity index (χ1) is 13.0. The molecule has 0 fully saturated rings. The first-order valence-corrected chi connectivity index (χ1v) is 9.12. The number of carbonyl (C=O) groups excluding carboxylic acids is 1. The van der Waals surface area contributed by atoms with Crippen molar-refractivity contribution >= 4 is 34.6 Å². The van der Waals surface area contributed by atoms with E-state index in [0.29, 0.717) is 10.9 Å². The van der Waals surface area contributed by atoms with Gasteiger partial charge in [-0.15, -0.1) is 0 Å². The molecule has 140 valence electrons. The molecular formula is C19H16F2N2O3S. The van der Waals surface area contributed by atoms with Crippen LogP contribution in [0, 0.1) is 0 Å². The van der Waals surface area contributed by atoms with Gasteiger partial charge in [0.25, 0.3) is 5.91 Å². The van der Waals surface area contributed by atoms with Crippen LogP contribution in [-0.4, -0.2) is 31.1 Å². The van der Waals surface area contributed by atoms with Crippen LogP contribution in [0.1, 0.15) is 5.56 Å². The standard InChI is InChI=1S/C19H16F2N2O3S/c1-25-14-7-3-12(4-8-14)11-16-17(24)23(19(22-16)27-2)13-5-9-15(10-6-13)26-18(20)21/h3-11,18H,1-2H3/b16-11+. The Morgan fingerprint density at radius 1 is 1.07 bits per heavy atom. The molecule has 0 saturated heterocycles. The summed E-state index contributed by atoms with van der Waals surface area (Å²) in [6, 6.07) is 13.1. The molecule has 0 unspecified atom stereocenters. The number of hydrogen-bond acceptors (Lipinski definition) is 5. The Balaban J connectivity index is 1.86.